The molecule has 1 saturated heterocycles. The summed E-state index contributed by atoms with van der Waals surface area (Å²) in [6.45, 7) is 12.7. The van der Waals surface area contributed by atoms with Crippen LogP contribution in [-0.2, 0) is 10.0 Å². The minimum Gasteiger partial charge on any atom is -0.355 e. The molecular formula is C26H37FN4O2S. The van der Waals surface area contributed by atoms with E-state index in [4.69, 9.17) is 5.41 Å². The van der Waals surface area contributed by atoms with Gasteiger partial charge in [-0.25, -0.2) is 12.8 Å². The Morgan fingerprint density at radius 3 is 2.38 bits per heavy atom. The van der Waals surface area contributed by atoms with E-state index in [0.29, 0.717) is 31.1 Å². The molecule has 1 fully saturated rings. The Bertz CT molecular complexity index is 1100. The van der Waals surface area contributed by atoms with E-state index in [1.165, 1.54) is 18.3 Å². The van der Waals surface area contributed by atoms with Gasteiger partial charge in [-0.1, -0.05) is 27.7 Å². The first-order chi connectivity index (χ1) is 16.0. The van der Waals surface area contributed by atoms with Gasteiger partial charge in [0.25, 0.3) is 0 Å². The van der Waals surface area contributed by atoms with Crippen molar-refractivity contribution in [2.24, 2.45) is 11.8 Å². The van der Waals surface area contributed by atoms with Crippen LogP contribution in [0.5, 0.6) is 0 Å². The van der Waals surface area contributed by atoms with Crippen LogP contribution in [0.25, 0.3) is 0 Å². The summed E-state index contributed by atoms with van der Waals surface area (Å²) in [6.07, 6.45) is 1.30. The maximum atomic E-state index is 13.3. The molecule has 0 saturated carbocycles. The standard InChI is InChI=1S/C26H37FN4O2S/c1-18(2)15-30-10-11-31(34(32,33)17-19(3)4)16-26(30)24-13-21(14-28)25(12-20(24)5)29-23-8-6-22(27)7-9-23/h6-9,12-14,18-19,26,28-29H,10-11,15-17H2,1-5H3/t26-/m0/s1. The molecule has 2 aromatic rings. The van der Waals surface area contributed by atoms with E-state index in [1.807, 2.05) is 32.9 Å². The van der Waals surface area contributed by atoms with Crippen molar-refractivity contribution in [1.82, 2.24) is 9.21 Å². The van der Waals surface area contributed by atoms with Gasteiger partial charge in [-0.2, -0.15) is 4.31 Å². The van der Waals surface area contributed by atoms with Gasteiger partial charge in [0.2, 0.25) is 10.0 Å². The summed E-state index contributed by atoms with van der Waals surface area (Å²) in [5, 5.41) is 11.3. The molecule has 2 N–H and O–H groups in total. The van der Waals surface area contributed by atoms with Crippen LogP contribution in [0.4, 0.5) is 15.8 Å². The van der Waals surface area contributed by atoms with Crippen molar-refractivity contribution in [3.63, 3.8) is 0 Å². The topological polar surface area (TPSA) is 76.5 Å². The zero-order valence-corrected chi connectivity index (χ0v) is 21.6. The highest BCUT2D eigenvalue weighted by Gasteiger charge is 2.35. The molecule has 6 nitrogen and oxygen atoms in total. The Morgan fingerprint density at radius 1 is 1.12 bits per heavy atom. The summed E-state index contributed by atoms with van der Waals surface area (Å²) in [5.74, 6) is 0.363. The number of hydrogen-bond acceptors (Lipinski definition) is 5. The summed E-state index contributed by atoms with van der Waals surface area (Å²) in [6, 6.07) is 10.0. The minimum absolute atomic E-state index is 0.0696. The lowest BCUT2D eigenvalue weighted by atomic mass is 9.94. The number of anilines is 2. The first-order valence-electron chi connectivity index (χ1n) is 11.9. The third-order valence-corrected chi connectivity index (χ3v) is 8.27. The van der Waals surface area contributed by atoms with Gasteiger partial charge in [-0.05, 0) is 66.3 Å². The maximum absolute atomic E-state index is 13.3. The van der Waals surface area contributed by atoms with Crippen LogP contribution in [0.1, 0.15) is 50.4 Å². The van der Waals surface area contributed by atoms with E-state index in [2.05, 4.69) is 24.1 Å². The molecule has 0 bridgehead atoms. The molecule has 1 heterocycles. The van der Waals surface area contributed by atoms with Crippen LogP contribution in [0, 0.1) is 30.0 Å². The molecule has 34 heavy (non-hydrogen) atoms. The molecule has 1 atom stereocenters. The average Bonchev–Trinajstić information content (AvgIpc) is 2.74. The molecule has 0 amide bonds. The Kier molecular flexibility index (Phi) is 8.49. The Morgan fingerprint density at radius 2 is 1.79 bits per heavy atom. The van der Waals surface area contributed by atoms with Crippen LogP contribution in [0.2, 0.25) is 0 Å². The summed E-state index contributed by atoms with van der Waals surface area (Å²) in [7, 11) is -3.34. The number of hydrogen-bond donors (Lipinski definition) is 2. The van der Waals surface area contributed by atoms with E-state index in [9.17, 15) is 12.8 Å². The molecule has 1 aliphatic heterocycles. The molecule has 0 aliphatic carbocycles. The Hall–Kier alpha value is -2.29. The van der Waals surface area contributed by atoms with Crippen LogP contribution < -0.4 is 5.32 Å². The first kappa shape index (κ1) is 26.3. The number of halogens is 1. The number of rotatable bonds is 9. The molecular weight excluding hydrogens is 451 g/mol. The predicted molar refractivity (Wildman–Crippen MR) is 138 cm³/mol. The van der Waals surface area contributed by atoms with Crippen molar-refractivity contribution >= 4 is 27.6 Å². The predicted octanol–water partition coefficient (Wildman–Crippen LogP) is 5.18. The zero-order valence-electron chi connectivity index (χ0n) is 20.8. The zero-order chi connectivity index (χ0) is 25.0. The lowest BCUT2D eigenvalue weighted by Gasteiger charge is -2.42. The highest BCUT2D eigenvalue weighted by Crippen LogP contribution is 2.33. The van der Waals surface area contributed by atoms with E-state index >= 15 is 0 Å². The number of nitrogens with one attached hydrogen (secondary N) is 2. The smallest absolute Gasteiger partial charge is 0.214 e. The van der Waals surface area contributed by atoms with Gasteiger partial charge in [-0.3, -0.25) is 4.90 Å². The van der Waals surface area contributed by atoms with Crippen molar-refractivity contribution < 1.29 is 12.8 Å². The van der Waals surface area contributed by atoms with Crippen molar-refractivity contribution in [1.29, 1.82) is 5.41 Å². The number of piperazine rings is 1. The highest BCUT2D eigenvalue weighted by molar-refractivity contribution is 7.89. The maximum Gasteiger partial charge on any atom is 0.214 e. The molecule has 0 radical (unpaired) electrons. The molecule has 0 unspecified atom stereocenters. The SMILES string of the molecule is Cc1cc(Nc2ccc(F)cc2)c(C=N)cc1[C@@H]1CN(S(=O)(=O)CC(C)C)CCN1CC(C)C. The van der Waals surface area contributed by atoms with Gasteiger partial charge in [0.15, 0.2) is 0 Å². The van der Waals surface area contributed by atoms with E-state index < -0.39 is 10.0 Å². The van der Waals surface area contributed by atoms with Crippen molar-refractivity contribution in [2.75, 3.05) is 37.2 Å². The fraction of sp³-hybridized carbons (Fsp3) is 0.500. The van der Waals surface area contributed by atoms with Crippen LogP contribution in [0.15, 0.2) is 36.4 Å². The summed E-state index contributed by atoms with van der Waals surface area (Å²) in [5.41, 5.74) is 4.27. The second-order valence-corrected chi connectivity index (χ2v) is 12.0. The van der Waals surface area contributed by atoms with Crippen LogP contribution in [0.3, 0.4) is 0 Å². The van der Waals surface area contributed by atoms with Gasteiger partial charge in [0, 0.05) is 55.4 Å². The molecule has 1 aliphatic rings. The van der Waals surface area contributed by atoms with Gasteiger partial charge < -0.3 is 10.7 Å². The third-order valence-electron chi connectivity index (χ3n) is 6.07. The lowest BCUT2D eigenvalue weighted by molar-refractivity contribution is 0.105. The van der Waals surface area contributed by atoms with Gasteiger partial charge in [-0.15, -0.1) is 0 Å². The number of aryl methyl sites for hydroxylation is 1. The molecule has 0 spiro atoms. The molecule has 3 rings (SSSR count). The van der Waals surface area contributed by atoms with Crippen LogP contribution >= 0.6 is 0 Å². The second kappa shape index (κ2) is 11.0. The highest BCUT2D eigenvalue weighted by atomic mass is 32.2. The van der Waals surface area contributed by atoms with Gasteiger partial charge in [0.05, 0.1) is 5.75 Å². The molecule has 0 aromatic heterocycles. The van der Waals surface area contributed by atoms with Gasteiger partial charge >= 0.3 is 0 Å². The van der Waals surface area contributed by atoms with Gasteiger partial charge in [0.1, 0.15) is 5.82 Å². The molecule has 186 valence electrons. The average molecular weight is 489 g/mol. The quantitative estimate of drug-likeness (QED) is 0.477. The van der Waals surface area contributed by atoms with Crippen molar-refractivity contribution in [2.45, 2.75) is 40.7 Å². The molecule has 2 aromatic carbocycles. The molecule has 8 heteroatoms. The fourth-order valence-corrected chi connectivity index (χ4v) is 6.36. The van der Waals surface area contributed by atoms with E-state index in [-0.39, 0.29) is 23.5 Å². The van der Waals surface area contributed by atoms with E-state index in [1.54, 1.807) is 16.4 Å². The summed E-state index contributed by atoms with van der Waals surface area (Å²) >= 11 is 0. The first-order valence-corrected chi connectivity index (χ1v) is 13.5. The number of benzene rings is 2. The van der Waals surface area contributed by atoms with Crippen molar-refractivity contribution in [3.8, 4) is 0 Å². The van der Waals surface area contributed by atoms with Crippen molar-refractivity contribution in [3.05, 3.63) is 58.9 Å². The number of nitrogens with zero attached hydrogens (tertiary/aromatic N) is 2. The van der Waals surface area contributed by atoms with Crippen LogP contribution in [-0.4, -0.2) is 55.8 Å². The largest absolute Gasteiger partial charge is 0.355 e. The lowest BCUT2D eigenvalue weighted by Crippen LogP contribution is -2.52. The Labute approximate surface area is 203 Å². The Balaban J connectivity index is 1.96. The fourth-order valence-electron chi connectivity index (χ4n) is 4.58. The monoisotopic (exact) mass is 488 g/mol. The second-order valence-electron chi connectivity index (χ2n) is 10.0. The van der Waals surface area contributed by atoms with E-state index in [0.717, 1.165) is 29.0 Å². The third kappa shape index (κ3) is 6.43. The summed E-state index contributed by atoms with van der Waals surface area (Å²) < 4.78 is 41.0. The number of sulfonamides is 1. The normalized spacial score (nSPS) is 17.9. The summed E-state index contributed by atoms with van der Waals surface area (Å²) in [4.78, 5) is 2.37. The minimum atomic E-state index is -3.34.